The monoisotopic (exact) mass is 296 g/mol. The molecule has 3 nitrogen and oxygen atoms in total. The van der Waals surface area contributed by atoms with Crippen molar-refractivity contribution >= 4 is 5.97 Å². The number of carboxylic acid groups (broad SMARTS) is 1. The summed E-state index contributed by atoms with van der Waals surface area (Å²) in [6.45, 7) is 0. The highest BCUT2D eigenvalue weighted by molar-refractivity contribution is 5.88. The molecule has 0 radical (unpaired) electrons. The van der Waals surface area contributed by atoms with Gasteiger partial charge in [0.1, 0.15) is 5.75 Å². The molecule has 1 fully saturated rings. The molecular formula is C19H20O3. The molecule has 0 bridgehead atoms. The van der Waals surface area contributed by atoms with Crippen LogP contribution in [0.4, 0.5) is 0 Å². The lowest BCUT2D eigenvalue weighted by Crippen LogP contribution is -2.19. The van der Waals surface area contributed by atoms with Gasteiger partial charge in [-0.05, 0) is 49.4 Å². The number of hydrogen-bond donors (Lipinski definition) is 1. The molecule has 2 aromatic carbocycles. The van der Waals surface area contributed by atoms with Gasteiger partial charge in [0.2, 0.25) is 0 Å². The molecule has 0 heterocycles. The van der Waals surface area contributed by atoms with Crippen LogP contribution in [0, 0.1) is 0 Å². The van der Waals surface area contributed by atoms with Gasteiger partial charge in [0, 0.05) is 5.56 Å². The topological polar surface area (TPSA) is 46.5 Å². The number of carboxylic acids is 1. The Bertz CT molecular complexity index is 640. The molecule has 3 rings (SSSR count). The highest BCUT2D eigenvalue weighted by Gasteiger charge is 2.16. The Morgan fingerprint density at radius 3 is 2.32 bits per heavy atom. The van der Waals surface area contributed by atoms with Crippen molar-refractivity contribution in [1.82, 2.24) is 0 Å². The fourth-order valence-electron chi connectivity index (χ4n) is 2.96. The van der Waals surface area contributed by atoms with E-state index in [4.69, 9.17) is 9.84 Å². The van der Waals surface area contributed by atoms with E-state index < -0.39 is 5.97 Å². The third kappa shape index (κ3) is 3.30. The van der Waals surface area contributed by atoms with Gasteiger partial charge in [0.05, 0.1) is 11.7 Å². The van der Waals surface area contributed by atoms with E-state index in [-0.39, 0.29) is 0 Å². The second-order valence-electron chi connectivity index (χ2n) is 5.76. The Labute approximate surface area is 130 Å². The van der Waals surface area contributed by atoms with Gasteiger partial charge in [0.25, 0.3) is 0 Å². The number of para-hydroxylation sites is 1. The second-order valence-corrected chi connectivity index (χ2v) is 5.76. The van der Waals surface area contributed by atoms with Crippen molar-refractivity contribution in [3.8, 4) is 16.9 Å². The molecular weight excluding hydrogens is 276 g/mol. The van der Waals surface area contributed by atoms with Gasteiger partial charge in [-0.3, -0.25) is 0 Å². The largest absolute Gasteiger partial charge is 0.490 e. The molecule has 1 N–H and O–H groups in total. The molecule has 0 unspecified atom stereocenters. The summed E-state index contributed by atoms with van der Waals surface area (Å²) in [6, 6.07) is 14.9. The molecule has 3 heteroatoms. The first-order valence-corrected chi connectivity index (χ1v) is 7.83. The van der Waals surface area contributed by atoms with Gasteiger partial charge >= 0.3 is 5.97 Å². The molecule has 22 heavy (non-hydrogen) atoms. The number of rotatable bonds is 4. The molecule has 1 saturated carbocycles. The van der Waals surface area contributed by atoms with Crippen LogP contribution in [0.25, 0.3) is 11.1 Å². The maximum atomic E-state index is 11.0. The van der Waals surface area contributed by atoms with Crippen molar-refractivity contribution in [2.24, 2.45) is 0 Å². The summed E-state index contributed by atoms with van der Waals surface area (Å²) < 4.78 is 6.20. The Morgan fingerprint density at radius 2 is 1.64 bits per heavy atom. The zero-order valence-electron chi connectivity index (χ0n) is 12.5. The van der Waals surface area contributed by atoms with E-state index in [0.29, 0.717) is 11.7 Å². The van der Waals surface area contributed by atoms with E-state index in [0.717, 1.165) is 29.7 Å². The number of aromatic carboxylic acids is 1. The average Bonchev–Trinajstić information content (AvgIpc) is 2.56. The van der Waals surface area contributed by atoms with E-state index in [1.165, 1.54) is 19.3 Å². The van der Waals surface area contributed by atoms with Crippen LogP contribution in [-0.2, 0) is 0 Å². The van der Waals surface area contributed by atoms with Gasteiger partial charge in [-0.15, -0.1) is 0 Å². The van der Waals surface area contributed by atoms with E-state index in [1.54, 1.807) is 12.1 Å². The highest BCUT2D eigenvalue weighted by atomic mass is 16.5. The second kappa shape index (κ2) is 6.65. The van der Waals surface area contributed by atoms with Gasteiger partial charge in [-0.1, -0.05) is 36.8 Å². The molecule has 0 saturated heterocycles. The van der Waals surface area contributed by atoms with Crippen LogP contribution in [0.3, 0.4) is 0 Å². The number of ether oxygens (including phenoxy) is 1. The third-order valence-electron chi connectivity index (χ3n) is 4.18. The summed E-state index contributed by atoms with van der Waals surface area (Å²) in [5.74, 6) is -0.0178. The zero-order valence-corrected chi connectivity index (χ0v) is 12.5. The minimum Gasteiger partial charge on any atom is -0.490 e. The normalized spacial score (nSPS) is 15.5. The summed E-state index contributed by atoms with van der Waals surface area (Å²) in [6.07, 6.45) is 6.31. The summed E-state index contributed by atoms with van der Waals surface area (Å²) in [4.78, 5) is 11.0. The molecule has 0 spiro atoms. The molecule has 0 atom stereocenters. The first kappa shape index (κ1) is 14.6. The lowest BCUT2D eigenvalue weighted by Gasteiger charge is -2.24. The Hall–Kier alpha value is -2.29. The van der Waals surface area contributed by atoms with Crippen LogP contribution in [0.15, 0.2) is 48.5 Å². The summed E-state index contributed by atoms with van der Waals surface area (Å²) in [5, 5.41) is 8.99. The number of carbonyl (C=O) groups is 1. The lowest BCUT2D eigenvalue weighted by atomic mass is 9.97. The number of hydrogen-bond acceptors (Lipinski definition) is 2. The van der Waals surface area contributed by atoms with Gasteiger partial charge in [-0.2, -0.15) is 0 Å². The predicted octanol–water partition coefficient (Wildman–Crippen LogP) is 4.76. The minimum absolute atomic E-state index is 0.299. The Morgan fingerprint density at radius 1 is 0.955 bits per heavy atom. The SMILES string of the molecule is O=C(O)c1ccc(-c2ccccc2OC2CCCCC2)cc1. The predicted molar refractivity (Wildman–Crippen MR) is 86.3 cm³/mol. The maximum Gasteiger partial charge on any atom is 0.335 e. The maximum absolute atomic E-state index is 11.0. The summed E-state index contributed by atoms with van der Waals surface area (Å²) in [7, 11) is 0. The van der Waals surface area contributed by atoms with Crippen LogP contribution in [0.1, 0.15) is 42.5 Å². The van der Waals surface area contributed by atoms with Crippen molar-refractivity contribution in [1.29, 1.82) is 0 Å². The fourth-order valence-corrected chi connectivity index (χ4v) is 2.96. The van der Waals surface area contributed by atoms with Crippen molar-refractivity contribution in [3.05, 3.63) is 54.1 Å². The Balaban J connectivity index is 1.85. The van der Waals surface area contributed by atoms with Crippen molar-refractivity contribution in [2.45, 2.75) is 38.2 Å². The molecule has 1 aliphatic carbocycles. The first-order valence-electron chi connectivity index (χ1n) is 7.83. The highest BCUT2D eigenvalue weighted by Crippen LogP contribution is 2.32. The molecule has 1 aliphatic rings. The Kier molecular flexibility index (Phi) is 4.42. The average molecular weight is 296 g/mol. The zero-order chi connectivity index (χ0) is 15.4. The van der Waals surface area contributed by atoms with E-state index in [2.05, 4.69) is 0 Å². The van der Waals surface area contributed by atoms with E-state index in [9.17, 15) is 4.79 Å². The fraction of sp³-hybridized carbons (Fsp3) is 0.316. The van der Waals surface area contributed by atoms with E-state index in [1.807, 2.05) is 36.4 Å². The van der Waals surface area contributed by atoms with Crippen molar-refractivity contribution in [2.75, 3.05) is 0 Å². The molecule has 2 aromatic rings. The lowest BCUT2D eigenvalue weighted by molar-refractivity contribution is 0.0697. The smallest absolute Gasteiger partial charge is 0.335 e. The molecule has 0 aliphatic heterocycles. The molecule has 114 valence electrons. The van der Waals surface area contributed by atoms with Crippen LogP contribution >= 0.6 is 0 Å². The minimum atomic E-state index is -0.904. The quantitative estimate of drug-likeness (QED) is 0.884. The van der Waals surface area contributed by atoms with E-state index >= 15 is 0 Å². The van der Waals surface area contributed by atoms with Gasteiger partial charge in [-0.25, -0.2) is 4.79 Å². The summed E-state index contributed by atoms with van der Waals surface area (Å²) >= 11 is 0. The summed E-state index contributed by atoms with van der Waals surface area (Å²) in [5.41, 5.74) is 2.30. The first-order chi connectivity index (χ1) is 10.7. The van der Waals surface area contributed by atoms with Crippen LogP contribution < -0.4 is 4.74 Å². The standard InChI is InChI=1S/C19H20O3/c20-19(21)15-12-10-14(11-13-15)17-8-4-5-9-18(17)22-16-6-2-1-3-7-16/h4-5,8-13,16H,1-3,6-7H2,(H,20,21). The number of benzene rings is 2. The van der Waals surface area contributed by atoms with Crippen LogP contribution in [0.2, 0.25) is 0 Å². The molecule has 0 aromatic heterocycles. The third-order valence-corrected chi connectivity index (χ3v) is 4.18. The van der Waals surface area contributed by atoms with Crippen molar-refractivity contribution < 1.29 is 14.6 Å². The van der Waals surface area contributed by atoms with Crippen LogP contribution in [-0.4, -0.2) is 17.2 Å². The van der Waals surface area contributed by atoms with Crippen LogP contribution in [0.5, 0.6) is 5.75 Å². The van der Waals surface area contributed by atoms with Gasteiger partial charge in [0.15, 0.2) is 0 Å². The molecule has 0 amide bonds. The van der Waals surface area contributed by atoms with Crippen molar-refractivity contribution in [3.63, 3.8) is 0 Å². The van der Waals surface area contributed by atoms with Gasteiger partial charge < -0.3 is 9.84 Å².